The van der Waals surface area contributed by atoms with Crippen LogP contribution in [0.15, 0.2) is 53.7 Å². The van der Waals surface area contributed by atoms with E-state index in [1.807, 2.05) is 49.5 Å². The fraction of sp³-hybridized carbons (Fsp3) is 0.478. The molecular weight excluding hydrogens is 398 g/mol. The summed E-state index contributed by atoms with van der Waals surface area (Å²) in [5.41, 5.74) is 1.13. The Morgan fingerprint density at radius 2 is 2.00 bits per heavy atom. The van der Waals surface area contributed by atoms with Crippen LogP contribution in [0.25, 0.3) is 0 Å². The highest BCUT2D eigenvalue weighted by molar-refractivity contribution is 6.30. The summed E-state index contributed by atoms with van der Waals surface area (Å²) < 4.78 is 5.92. The van der Waals surface area contributed by atoms with E-state index in [1.165, 1.54) is 0 Å². The maximum absolute atomic E-state index is 5.93. The van der Waals surface area contributed by atoms with Crippen molar-refractivity contribution in [2.75, 3.05) is 26.2 Å². The van der Waals surface area contributed by atoms with Gasteiger partial charge < -0.3 is 15.4 Å². The maximum Gasteiger partial charge on any atom is 0.191 e. The highest BCUT2D eigenvalue weighted by Crippen LogP contribution is 2.17. The first-order valence-corrected chi connectivity index (χ1v) is 11.1. The van der Waals surface area contributed by atoms with Crippen LogP contribution in [0.2, 0.25) is 5.02 Å². The third-order valence-electron chi connectivity index (χ3n) is 5.04. The van der Waals surface area contributed by atoms with E-state index in [0.29, 0.717) is 17.6 Å². The molecule has 1 aromatic heterocycles. The summed E-state index contributed by atoms with van der Waals surface area (Å²) >= 11 is 5.93. The minimum absolute atomic E-state index is 0.0261. The number of likely N-dealkylation sites (tertiary alicyclic amines) is 1. The molecule has 0 bridgehead atoms. The average Bonchev–Trinajstić information content (AvgIpc) is 2.76. The van der Waals surface area contributed by atoms with Crippen molar-refractivity contribution in [1.82, 2.24) is 20.5 Å². The first kappa shape index (κ1) is 22.4. The van der Waals surface area contributed by atoms with E-state index >= 15 is 0 Å². The fourth-order valence-electron chi connectivity index (χ4n) is 3.47. The summed E-state index contributed by atoms with van der Waals surface area (Å²) in [6.45, 7) is 8.56. The van der Waals surface area contributed by atoms with Crippen LogP contribution < -0.4 is 15.4 Å². The van der Waals surface area contributed by atoms with Crippen molar-refractivity contribution in [1.29, 1.82) is 0 Å². The lowest BCUT2D eigenvalue weighted by molar-refractivity contribution is 0.196. The van der Waals surface area contributed by atoms with Gasteiger partial charge in [-0.3, -0.25) is 9.88 Å². The number of rotatable bonds is 8. The summed E-state index contributed by atoms with van der Waals surface area (Å²) in [4.78, 5) is 11.6. The number of pyridine rings is 1. The van der Waals surface area contributed by atoms with E-state index in [0.717, 1.165) is 56.4 Å². The smallest absolute Gasteiger partial charge is 0.191 e. The van der Waals surface area contributed by atoms with Crippen LogP contribution in [-0.2, 0) is 6.54 Å². The first-order valence-electron chi connectivity index (χ1n) is 10.7. The van der Waals surface area contributed by atoms with Crippen LogP contribution in [-0.4, -0.2) is 54.2 Å². The van der Waals surface area contributed by atoms with Gasteiger partial charge in [0.25, 0.3) is 0 Å². The Bertz CT molecular complexity index is 776. The molecular formula is C23H32ClN5O. The van der Waals surface area contributed by atoms with Gasteiger partial charge in [0.2, 0.25) is 0 Å². The van der Waals surface area contributed by atoms with E-state index in [2.05, 4.69) is 33.5 Å². The molecule has 1 aromatic carbocycles. The molecule has 1 aliphatic heterocycles. The summed E-state index contributed by atoms with van der Waals surface area (Å²) in [6, 6.07) is 14.0. The second kappa shape index (κ2) is 11.8. The predicted octanol–water partition coefficient (Wildman–Crippen LogP) is 3.72. The predicted molar refractivity (Wildman–Crippen MR) is 123 cm³/mol. The Hall–Kier alpha value is -2.31. The lowest BCUT2D eigenvalue weighted by Gasteiger charge is -2.33. The van der Waals surface area contributed by atoms with Gasteiger partial charge in [0, 0.05) is 43.4 Å². The third kappa shape index (κ3) is 7.50. The second-order valence-corrected chi connectivity index (χ2v) is 8.05. The molecule has 3 rings (SSSR count). The third-order valence-corrected chi connectivity index (χ3v) is 5.29. The van der Waals surface area contributed by atoms with Gasteiger partial charge in [-0.25, -0.2) is 4.99 Å². The van der Waals surface area contributed by atoms with Gasteiger partial charge in [-0.1, -0.05) is 17.7 Å². The van der Waals surface area contributed by atoms with Gasteiger partial charge in [0.15, 0.2) is 5.96 Å². The molecule has 0 saturated carbocycles. The van der Waals surface area contributed by atoms with Gasteiger partial charge in [0.05, 0.1) is 12.2 Å². The van der Waals surface area contributed by atoms with Crippen molar-refractivity contribution in [3.8, 4) is 5.75 Å². The van der Waals surface area contributed by atoms with Crippen molar-refractivity contribution >= 4 is 17.6 Å². The number of aliphatic imine (C=N–C) groups is 1. The Labute approximate surface area is 184 Å². The molecule has 0 spiro atoms. The number of benzene rings is 1. The Morgan fingerprint density at radius 3 is 2.67 bits per heavy atom. The van der Waals surface area contributed by atoms with Gasteiger partial charge >= 0.3 is 0 Å². The zero-order valence-electron chi connectivity index (χ0n) is 17.9. The number of ether oxygens (including phenoxy) is 1. The van der Waals surface area contributed by atoms with Crippen molar-refractivity contribution in [2.45, 2.75) is 45.4 Å². The number of halogens is 1. The Morgan fingerprint density at radius 1 is 1.23 bits per heavy atom. The first-order chi connectivity index (χ1) is 14.6. The summed E-state index contributed by atoms with van der Waals surface area (Å²) in [6.07, 6.45) is 4.02. The molecule has 0 radical (unpaired) electrons. The van der Waals surface area contributed by atoms with Crippen LogP contribution in [0.3, 0.4) is 0 Å². The molecule has 7 heteroatoms. The summed E-state index contributed by atoms with van der Waals surface area (Å²) in [5.74, 6) is 1.66. The van der Waals surface area contributed by atoms with Crippen LogP contribution in [0.4, 0.5) is 0 Å². The molecule has 1 fully saturated rings. The zero-order chi connectivity index (χ0) is 21.2. The van der Waals surface area contributed by atoms with Crippen molar-refractivity contribution < 1.29 is 4.74 Å². The molecule has 1 unspecified atom stereocenters. The number of guanidine groups is 1. The number of nitrogens with one attached hydrogen (secondary N) is 2. The standard InChI is InChI=1S/C23H32ClN5O/c1-3-25-23(27-16-18(2)30-22-9-7-19(24)8-10-22)28-20-11-14-29(15-12-20)17-21-6-4-5-13-26-21/h4-10,13,18,20H,3,11-12,14-17H2,1-2H3,(H2,25,27,28). The van der Waals surface area contributed by atoms with Crippen LogP contribution in [0, 0.1) is 0 Å². The van der Waals surface area contributed by atoms with E-state index in [9.17, 15) is 0 Å². The molecule has 2 N–H and O–H groups in total. The molecule has 162 valence electrons. The van der Waals surface area contributed by atoms with E-state index < -0.39 is 0 Å². The average molecular weight is 430 g/mol. The maximum atomic E-state index is 5.93. The molecule has 1 saturated heterocycles. The number of nitrogens with zero attached hydrogens (tertiary/aromatic N) is 3. The quantitative estimate of drug-likeness (QED) is 0.494. The monoisotopic (exact) mass is 429 g/mol. The molecule has 1 aliphatic rings. The Balaban J connectivity index is 1.44. The number of aromatic nitrogens is 1. The van der Waals surface area contributed by atoms with E-state index in [-0.39, 0.29) is 6.10 Å². The van der Waals surface area contributed by atoms with Crippen LogP contribution in [0.5, 0.6) is 5.75 Å². The fourth-order valence-corrected chi connectivity index (χ4v) is 3.60. The lowest BCUT2D eigenvalue weighted by atomic mass is 10.0. The van der Waals surface area contributed by atoms with Gasteiger partial charge in [-0.2, -0.15) is 0 Å². The SMILES string of the molecule is CCNC(=NCC(C)Oc1ccc(Cl)cc1)NC1CCN(Cc2ccccn2)CC1. The largest absolute Gasteiger partial charge is 0.489 e. The Kier molecular flexibility index (Phi) is 8.78. The molecule has 6 nitrogen and oxygen atoms in total. The van der Waals surface area contributed by atoms with Crippen LogP contribution >= 0.6 is 11.6 Å². The molecule has 0 amide bonds. The van der Waals surface area contributed by atoms with E-state index in [4.69, 9.17) is 21.3 Å². The highest BCUT2D eigenvalue weighted by Gasteiger charge is 2.20. The topological polar surface area (TPSA) is 61.8 Å². The summed E-state index contributed by atoms with van der Waals surface area (Å²) in [5, 5.41) is 7.65. The van der Waals surface area contributed by atoms with Crippen molar-refractivity contribution in [3.63, 3.8) is 0 Å². The second-order valence-electron chi connectivity index (χ2n) is 7.62. The van der Waals surface area contributed by atoms with Gasteiger partial charge in [0.1, 0.15) is 11.9 Å². The van der Waals surface area contributed by atoms with Crippen LogP contribution in [0.1, 0.15) is 32.4 Å². The molecule has 0 aliphatic carbocycles. The van der Waals surface area contributed by atoms with Gasteiger partial charge in [-0.05, 0) is 63.1 Å². The summed E-state index contributed by atoms with van der Waals surface area (Å²) in [7, 11) is 0. The number of hydrogen-bond acceptors (Lipinski definition) is 4. The molecule has 2 heterocycles. The van der Waals surface area contributed by atoms with Crippen molar-refractivity contribution in [3.05, 3.63) is 59.4 Å². The molecule has 2 aromatic rings. The zero-order valence-corrected chi connectivity index (χ0v) is 18.6. The van der Waals surface area contributed by atoms with Crippen molar-refractivity contribution in [2.24, 2.45) is 4.99 Å². The minimum Gasteiger partial charge on any atom is -0.489 e. The highest BCUT2D eigenvalue weighted by atomic mass is 35.5. The van der Waals surface area contributed by atoms with Gasteiger partial charge in [-0.15, -0.1) is 0 Å². The number of hydrogen-bond donors (Lipinski definition) is 2. The normalized spacial score (nSPS) is 16.8. The molecule has 30 heavy (non-hydrogen) atoms. The van der Waals surface area contributed by atoms with E-state index in [1.54, 1.807) is 0 Å². The lowest BCUT2D eigenvalue weighted by Crippen LogP contribution is -2.48. The number of piperidine rings is 1. The molecule has 1 atom stereocenters. The minimum atomic E-state index is -0.0261.